The van der Waals surface area contributed by atoms with Crippen LogP contribution in [0.15, 0.2) is 0 Å². The van der Waals surface area contributed by atoms with Gasteiger partial charge in [-0.15, -0.1) is 0 Å². The van der Waals surface area contributed by atoms with Gasteiger partial charge in [0.05, 0.1) is 0 Å². The molecule has 4 heteroatoms. The second kappa shape index (κ2) is 2.68. The molecule has 0 aromatic carbocycles. The molecule has 0 radical (unpaired) electrons. The first-order chi connectivity index (χ1) is 4.74. The summed E-state index contributed by atoms with van der Waals surface area (Å²) in [6.07, 6.45) is 1.97. The Morgan fingerprint density at radius 3 is 2.70 bits per heavy atom. The first kappa shape index (κ1) is 7.05. The summed E-state index contributed by atoms with van der Waals surface area (Å²) in [7, 11) is 1.79. The summed E-state index contributed by atoms with van der Waals surface area (Å²) in [5, 5.41) is 4.08. The molecule has 0 aliphatic carbocycles. The van der Waals surface area contributed by atoms with Crippen molar-refractivity contribution in [3.8, 4) is 0 Å². The minimum atomic E-state index is 0.489. The van der Waals surface area contributed by atoms with Crippen LogP contribution in [-0.2, 0) is 13.5 Å². The van der Waals surface area contributed by atoms with Crippen molar-refractivity contribution in [2.24, 2.45) is 7.05 Å². The molecule has 1 aromatic rings. The molecule has 0 fully saturated rings. The number of nitrogen functional groups attached to an aromatic ring is 1. The molecule has 0 saturated heterocycles. The molecule has 10 heavy (non-hydrogen) atoms. The highest BCUT2D eigenvalue weighted by Gasteiger charge is 2.00. The van der Waals surface area contributed by atoms with E-state index in [1.165, 1.54) is 0 Å². The Labute approximate surface area is 60.1 Å². The van der Waals surface area contributed by atoms with Gasteiger partial charge in [-0.05, 0) is 6.42 Å². The van der Waals surface area contributed by atoms with Crippen LogP contribution < -0.4 is 5.73 Å². The fourth-order valence-corrected chi connectivity index (χ4v) is 0.781. The lowest BCUT2D eigenvalue weighted by atomic mass is 10.3. The second-order valence-corrected chi connectivity index (χ2v) is 2.26. The van der Waals surface area contributed by atoms with E-state index in [1.807, 2.05) is 0 Å². The predicted octanol–water partition coefficient (Wildman–Crippen LogP) is 0.350. The number of nitrogens with zero attached hydrogens (tertiary/aromatic N) is 3. The number of nitrogens with two attached hydrogens (primary N) is 1. The van der Waals surface area contributed by atoms with Gasteiger partial charge < -0.3 is 5.73 Å². The van der Waals surface area contributed by atoms with Crippen LogP contribution in [0.5, 0.6) is 0 Å². The van der Waals surface area contributed by atoms with Crippen LogP contribution in [0.3, 0.4) is 0 Å². The SMILES string of the molecule is CCCc1nc(N)n(C)n1. The van der Waals surface area contributed by atoms with E-state index < -0.39 is 0 Å². The van der Waals surface area contributed by atoms with Crippen LogP contribution in [0.25, 0.3) is 0 Å². The van der Waals surface area contributed by atoms with Crippen LogP contribution >= 0.6 is 0 Å². The third-order valence-corrected chi connectivity index (χ3v) is 1.31. The smallest absolute Gasteiger partial charge is 0.218 e. The van der Waals surface area contributed by atoms with E-state index in [9.17, 15) is 0 Å². The molecule has 0 bridgehead atoms. The Kier molecular flexibility index (Phi) is 1.89. The van der Waals surface area contributed by atoms with Gasteiger partial charge >= 0.3 is 0 Å². The van der Waals surface area contributed by atoms with E-state index in [-0.39, 0.29) is 0 Å². The quantitative estimate of drug-likeness (QED) is 0.644. The molecule has 0 unspecified atom stereocenters. The minimum Gasteiger partial charge on any atom is -0.368 e. The van der Waals surface area contributed by atoms with Crippen LogP contribution in [0.2, 0.25) is 0 Å². The number of anilines is 1. The Hall–Kier alpha value is -1.06. The van der Waals surface area contributed by atoms with Crippen molar-refractivity contribution in [2.75, 3.05) is 5.73 Å². The minimum absolute atomic E-state index is 0.489. The highest BCUT2D eigenvalue weighted by atomic mass is 15.4. The fourth-order valence-electron chi connectivity index (χ4n) is 0.781. The summed E-state index contributed by atoms with van der Waals surface area (Å²) < 4.78 is 1.59. The maximum atomic E-state index is 5.46. The summed E-state index contributed by atoms with van der Waals surface area (Å²) in [5.41, 5.74) is 5.46. The van der Waals surface area contributed by atoms with Gasteiger partial charge in [0.15, 0.2) is 5.82 Å². The summed E-state index contributed by atoms with van der Waals surface area (Å²) >= 11 is 0. The van der Waals surface area contributed by atoms with Crippen LogP contribution in [-0.4, -0.2) is 14.8 Å². The van der Waals surface area contributed by atoms with Gasteiger partial charge in [-0.2, -0.15) is 10.1 Å². The normalized spacial score (nSPS) is 10.2. The second-order valence-electron chi connectivity index (χ2n) is 2.26. The number of aromatic nitrogens is 3. The molecule has 0 aliphatic rings. The maximum Gasteiger partial charge on any atom is 0.218 e. The van der Waals surface area contributed by atoms with Gasteiger partial charge in [-0.25, -0.2) is 4.68 Å². The van der Waals surface area contributed by atoms with Crippen molar-refractivity contribution in [1.29, 1.82) is 0 Å². The van der Waals surface area contributed by atoms with Gasteiger partial charge in [0.25, 0.3) is 0 Å². The van der Waals surface area contributed by atoms with Gasteiger partial charge in [-0.3, -0.25) is 0 Å². The Balaban J connectivity index is 2.77. The third kappa shape index (κ3) is 1.26. The summed E-state index contributed by atoms with van der Waals surface area (Å²) in [6, 6.07) is 0. The van der Waals surface area contributed by atoms with E-state index in [0.717, 1.165) is 18.7 Å². The van der Waals surface area contributed by atoms with Gasteiger partial charge in [0.1, 0.15) is 0 Å². The van der Waals surface area contributed by atoms with Crippen molar-refractivity contribution < 1.29 is 0 Å². The average Bonchev–Trinajstić information content (AvgIpc) is 2.14. The molecule has 4 nitrogen and oxygen atoms in total. The number of hydrogen-bond donors (Lipinski definition) is 1. The van der Waals surface area contributed by atoms with Gasteiger partial charge in [-0.1, -0.05) is 6.92 Å². The predicted molar refractivity (Wildman–Crippen MR) is 39.4 cm³/mol. The average molecular weight is 140 g/mol. The molecule has 0 saturated carbocycles. The zero-order valence-corrected chi connectivity index (χ0v) is 6.33. The molecule has 1 rings (SSSR count). The lowest BCUT2D eigenvalue weighted by Gasteiger charge is -1.86. The Morgan fingerprint density at radius 1 is 1.60 bits per heavy atom. The molecule has 56 valence electrons. The van der Waals surface area contributed by atoms with Crippen LogP contribution in [0.4, 0.5) is 5.95 Å². The molecule has 0 atom stereocenters. The summed E-state index contributed by atoms with van der Waals surface area (Å²) in [6.45, 7) is 2.09. The van der Waals surface area contributed by atoms with E-state index in [4.69, 9.17) is 5.73 Å². The maximum absolute atomic E-state index is 5.46. The van der Waals surface area contributed by atoms with Crippen molar-refractivity contribution in [2.45, 2.75) is 19.8 Å². The largest absolute Gasteiger partial charge is 0.368 e. The van der Waals surface area contributed by atoms with Gasteiger partial charge in [0, 0.05) is 13.5 Å². The lowest BCUT2D eigenvalue weighted by molar-refractivity contribution is 0.739. The van der Waals surface area contributed by atoms with E-state index in [2.05, 4.69) is 17.0 Å². The summed E-state index contributed by atoms with van der Waals surface area (Å²) in [5.74, 6) is 1.32. The topological polar surface area (TPSA) is 56.7 Å². The molecule has 0 amide bonds. The Morgan fingerprint density at radius 2 is 2.30 bits per heavy atom. The number of rotatable bonds is 2. The molecule has 0 aliphatic heterocycles. The standard InChI is InChI=1S/C6H12N4/c1-3-4-5-8-6(7)10(2)9-5/h3-4H2,1-2H3,(H2,7,8,9). The molecular formula is C6H12N4. The molecule has 0 spiro atoms. The van der Waals surface area contributed by atoms with Crippen molar-refractivity contribution in [3.05, 3.63) is 5.82 Å². The third-order valence-electron chi connectivity index (χ3n) is 1.31. The molecule has 2 N–H and O–H groups in total. The highest BCUT2D eigenvalue weighted by Crippen LogP contribution is 1.99. The number of hydrogen-bond acceptors (Lipinski definition) is 3. The number of aryl methyl sites for hydroxylation is 2. The van der Waals surface area contributed by atoms with E-state index in [0.29, 0.717) is 5.95 Å². The molecule has 1 aromatic heterocycles. The zero-order valence-electron chi connectivity index (χ0n) is 6.33. The van der Waals surface area contributed by atoms with Crippen LogP contribution in [0.1, 0.15) is 19.2 Å². The van der Waals surface area contributed by atoms with Gasteiger partial charge in [0.2, 0.25) is 5.95 Å². The molecule has 1 heterocycles. The van der Waals surface area contributed by atoms with E-state index >= 15 is 0 Å². The van der Waals surface area contributed by atoms with E-state index in [1.54, 1.807) is 11.7 Å². The first-order valence-electron chi connectivity index (χ1n) is 3.39. The lowest BCUT2D eigenvalue weighted by Crippen LogP contribution is -1.97. The zero-order chi connectivity index (χ0) is 7.56. The fraction of sp³-hybridized carbons (Fsp3) is 0.667. The van der Waals surface area contributed by atoms with Crippen molar-refractivity contribution in [1.82, 2.24) is 14.8 Å². The molecular weight excluding hydrogens is 128 g/mol. The monoisotopic (exact) mass is 140 g/mol. The Bertz CT molecular complexity index is 196. The van der Waals surface area contributed by atoms with Crippen LogP contribution in [0, 0.1) is 0 Å². The van der Waals surface area contributed by atoms with Crippen molar-refractivity contribution >= 4 is 5.95 Å². The highest BCUT2D eigenvalue weighted by molar-refractivity contribution is 5.15. The first-order valence-corrected chi connectivity index (χ1v) is 3.39. The summed E-state index contributed by atoms with van der Waals surface area (Å²) in [4.78, 5) is 4.03. The van der Waals surface area contributed by atoms with Crippen molar-refractivity contribution in [3.63, 3.8) is 0 Å².